The van der Waals surface area contributed by atoms with Gasteiger partial charge in [0.15, 0.2) is 9.84 Å². The van der Waals surface area contributed by atoms with Gasteiger partial charge in [-0.25, -0.2) is 8.42 Å². The zero-order valence-electron chi connectivity index (χ0n) is 14.3. The molecular formula is C19H23NO3S. The Morgan fingerprint density at radius 2 is 1.75 bits per heavy atom. The van der Waals surface area contributed by atoms with Crippen LogP contribution in [0.4, 0.5) is 0 Å². The minimum Gasteiger partial charge on any atom is -0.338 e. The summed E-state index contributed by atoms with van der Waals surface area (Å²) in [5.74, 6) is -0.984. The van der Waals surface area contributed by atoms with Gasteiger partial charge < -0.3 is 4.90 Å². The third-order valence-corrected chi connectivity index (χ3v) is 5.53. The molecule has 24 heavy (non-hydrogen) atoms. The van der Waals surface area contributed by atoms with Crippen molar-refractivity contribution in [3.63, 3.8) is 0 Å². The number of benzene rings is 2. The van der Waals surface area contributed by atoms with E-state index in [0.29, 0.717) is 5.56 Å². The average molecular weight is 345 g/mol. The van der Waals surface area contributed by atoms with E-state index in [1.165, 1.54) is 4.90 Å². The van der Waals surface area contributed by atoms with E-state index in [1.54, 1.807) is 13.1 Å². The second-order valence-electron chi connectivity index (χ2n) is 6.11. The van der Waals surface area contributed by atoms with Crippen molar-refractivity contribution in [1.29, 1.82) is 0 Å². The Bertz CT molecular complexity index is 800. The molecule has 0 saturated carbocycles. The van der Waals surface area contributed by atoms with Crippen LogP contribution in [0.25, 0.3) is 0 Å². The van der Waals surface area contributed by atoms with E-state index in [4.69, 9.17) is 0 Å². The van der Waals surface area contributed by atoms with Crippen molar-refractivity contribution < 1.29 is 13.2 Å². The van der Waals surface area contributed by atoms with Gasteiger partial charge in [-0.3, -0.25) is 4.79 Å². The van der Waals surface area contributed by atoms with E-state index in [0.717, 1.165) is 11.1 Å². The fraction of sp³-hybridized carbons (Fsp3) is 0.316. The van der Waals surface area contributed by atoms with Crippen LogP contribution in [0, 0.1) is 6.92 Å². The fourth-order valence-corrected chi connectivity index (χ4v) is 3.94. The second kappa shape index (κ2) is 7.62. The summed E-state index contributed by atoms with van der Waals surface area (Å²) < 4.78 is 24.7. The van der Waals surface area contributed by atoms with Crippen molar-refractivity contribution in [3.8, 4) is 0 Å². The third kappa shape index (κ3) is 4.93. The Morgan fingerprint density at radius 1 is 1.08 bits per heavy atom. The molecule has 2 aromatic rings. The molecule has 2 rings (SSSR count). The summed E-state index contributed by atoms with van der Waals surface area (Å²) in [5, 5.41) is 0. The van der Waals surface area contributed by atoms with Gasteiger partial charge in [-0.15, -0.1) is 0 Å². The molecule has 0 heterocycles. The van der Waals surface area contributed by atoms with E-state index >= 15 is 0 Å². The van der Waals surface area contributed by atoms with Crippen LogP contribution in [-0.2, 0) is 20.4 Å². The first-order valence-electron chi connectivity index (χ1n) is 7.85. The van der Waals surface area contributed by atoms with Crippen LogP contribution in [0.15, 0.2) is 54.6 Å². The van der Waals surface area contributed by atoms with Gasteiger partial charge in [0.1, 0.15) is 5.75 Å². The van der Waals surface area contributed by atoms with E-state index in [2.05, 4.69) is 0 Å². The van der Waals surface area contributed by atoms with Crippen LogP contribution in [-0.4, -0.2) is 32.0 Å². The van der Waals surface area contributed by atoms with E-state index < -0.39 is 15.6 Å². The van der Waals surface area contributed by atoms with Crippen LogP contribution >= 0.6 is 0 Å². The minimum absolute atomic E-state index is 0.117. The van der Waals surface area contributed by atoms with E-state index in [1.807, 2.05) is 62.4 Å². The van der Waals surface area contributed by atoms with Gasteiger partial charge in [0.25, 0.3) is 0 Å². The molecule has 0 spiro atoms. The number of carbonyl (C=O) groups is 1. The van der Waals surface area contributed by atoms with E-state index in [-0.39, 0.29) is 17.7 Å². The van der Waals surface area contributed by atoms with Crippen LogP contribution < -0.4 is 0 Å². The van der Waals surface area contributed by atoms with Crippen molar-refractivity contribution >= 4 is 15.7 Å². The van der Waals surface area contributed by atoms with Crippen molar-refractivity contribution in [1.82, 2.24) is 4.90 Å². The van der Waals surface area contributed by atoms with Gasteiger partial charge >= 0.3 is 0 Å². The molecule has 4 nitrogen and oxygen atoms in total. The molecule has 0 saturated heterocycles. The monoisotopic (exact) mass is 345 g/mol. The summed E-state index contributed by atoms with van der Waals surface area (Å²) in [6.45, 7) is 3.80. The first-order chi connectivity index (χ1) is 11.3. The van der Waals surface area contributed by atoms with Crippen molar-refractivity contribution in [2.75, 3.05) is 12.8 Å². The lowest BCUT2D eigenvalue weighted by atomic mass is 10.1. The Kier molecular flexibility index (Phi) is 5.78. The van der Waals surface area contributed by atoms with Gasteiger partial charge in [0.05, 0.1) is 11.8 Å². The SMILES string of the molecule is Cc1cccc(CS(=O)(=O)CC(=O)N(C)[C@@H](C)c2ccccc2)c1. The molecule has 128 valence electrons. The fourth-order valence-electron chi connectivity index (χ4n) is 2.57. The van der Waals surface area contributed by atoms with Gasteiger partial charge in [-0.05, 0) is 25.0 Å². The highest BCUT2D eigenvalue weighted by Gasteiger charge is 2.23. The molecule has 0 aliphatic carbocycles. The maximum Gasteiger partial charge on any atom is 0.238 e. The molecule has 0 aromatic heterocycles. The summed E-state index contributed by atoms with van der Waals surface area (Å²) in [4.78, 5) is 13.9. The molecule has 0 unspecified atom stereocenters. The zero-order chi connectivity index (χ0) is 17.7. The average Bonchev–Trinajstić information content (AvgIpc) is 2.53. The van der Waals surface area contributed by atoms with Gasteiger partial charge in [-0.1, -0.05) is 60.2 Å². The Labute approximate surface area is 144 Å². The van der Waals surface area contributed by atoms with Crippen molar-refractivity contribution in [2.24, 2.45) is 0 Å². The topological polar surface area (TPSA) is 54.5 Å². The minimum atomic E-state index is -3.50. The molecule has 1 atom stereocenters. The zero-order valence-corrected chi connectivity index (χ0v) is 15.1. The highest BCUT2D eigenvalue weighted by molar-refractivity contribution is 7.91. The number of hydrogen-bond donors (Lipinski definition) is 0. The number of sulfone groups is 1. The molecule has 0 radical (unpaired) electrons. The van der Waals surface area contributed by atoms with Gasteiger partial charge in [0.2, 0.25) is 5.91 Å². The smallest absolute Gasteiger partial charge is 0.238 e. The number of nitrogens with zero attached hydrogens (tertiary/aromatic N) is 1. The molecule has 0 N–H and O–H groups in total. The second-order valence-corrected chi connectivity index (χ2v) is 8.18. The molecule has 0 aliphatic heterocycles. The largest absolute Gasteiger partial charge is 0.338 e. The summed E-state index contributed by atoms with van der Waals surface area (Å²) in [6, 6.07) is 16.7. The standard InChI is InChI=1S/C19H23NO3S/c1-15-8-7-9-17(12-15)13-24(22,23)14-19(21)20(3)16(2)18-10-5-4-6-11-18/h4-12,16H,13-14H2,1-3H3/t16-/m0/s1. The van der Waals surface area contributed by atoms with E-state index in [9.17, 15) is 13.2 Å². The molecule has 0 aliphatic rings. The lowest BCUT2D eigenvalue weighted by Crippen LogP contribution is -2.34. The quantitative estimate of drug-likeness (QED) is 0.808. The first kappa shape index (κ1) is 18.2. The molecule has 1 amide bonds. The number of rotatable bonds is 6. The number of amides is 1. The molecule has 0 bridgehead atoms. The number of aryl methyl sites for hydroxylation is 1. The number of hydrogen-bond acceptors (Lipinski definition) is 3. The summed E-state index contributed by atoms with van der Waals surface area (Å²) >= 11 is 0. The van der Waals surface area contributed by atoms with Crippen molar-refractivity contribution in [3.05, 3.63) is 71.3 Å². The third-order valence-electron chi connectivity index (χ3n) is 4.07. The summed E-state index contributed by atoms with van der Waals surface area (Å²) in [6.07, 6.45) is 0. The van der Waals surface area contributed by atoms with Gasteiger partial charge in [-0.2, -0.15) is 0 Å². The predicted octanol–water partition coefficient (Wildman–Crippen LogP) is 3.13. The van der Waals surface area contributed by atoms with Crippen molar-refractivity contribution in [2.45, 2.75) is 25.6 Å². The van der Waals surface area contributed by atoms with Crippen LogP contribution in [0.5, 0.6) is 0 Å². The normalized spacial score (nSPS) is 12.6. The Hall–Kier alpha value is -2.14. The van der Waals surface area contributed by atoms with Crippen LogP contribution in [0.3, 0.4) is 0 Å². The van der Waals surface area contributed by atoms with Gasteiger partial charge in [0, 0.05) is 7.05 Å². The van der Waals surface area contributed by atoms with Crippen LogP contribution in [0.2, 0.25) is 0 Å². The molecule has 2 aromatic carbocycles. The maximum atomic E-state index is 12.4. The lowest BCUT2D eigenvalue weighted by Gasteiger charge is -2.25. The summed E-state index contributed by atoms with van der Waals surface area (Å²) in [7, 11) is -1.86. The maximum absolute atomic E-state index is 12.4. The Morgan fingerprint density at radius 3 is 2.38 bits per heavy atom. The molecule has 5 heteroatoms. The molecule has 0 fully saturated rings. The highest BCUT2D eigenvalue weighted by atomic mass is 32.2. The molecular weight excluding hydrogens is 322 g/mol. The number of carbonyl (C=O) groups excluding carboxylic acids is 1. The predicted molar refractivity (Wildman–Crippen MR) is 96.3 cm³/mol. The first-order valence-corrected chi connectivity index (χ1v) is 9.67. The Balaban J connectivity index is 2.04. The summed E-state index contributed by atoms with van der Waals surface area (Å²) in [5.41, 5.74) is 2.69. The highest BCUT2D eigenvalue weighted by Crippen LogP contribution is 2.19. The lowest BCUT2D eigenvalue weighted by molar-refractivity contribution is -0.129. The van der Waals surface area contributed by atoms with Crippen LogP contribution in [0.1, 0.15) is 29.7 Å².